The van der Waals surface area contributed by atoms with E-state index in [9.17, 15) is 0 Å². The molecule has 0 atom stereocenters. The maximum atomic E-state index is 7.68. The molecule has 1 N–H and O–H groups in total. The van der Waals surface area contributed by atoms with Crippen LogP contribution in [0.15, 0.2) is 24.3 Å². The molecule has 1 rings (SSSR count). The van der Waals surface area contributed by atoms with E-state index < -0.39 is 0 Å². The highest BCUT2D eigenvalue weighted by Gasteiger charge is 2.00. The summed E-state index contributed by atoms with van der Waals surface area (Å²) in [6, 6.07) is 8.29. The molecule has 0 aliphatic heterocycles. The second kappa shape index (κ2) is 4.08. The van der Waals surface area contributed by atoms with Crippen LogP contribution in [0.4, 0.5) is 0 Å². The fourth-order valence-corrected chi connectivity index (χ4v) is 1.17. The van der Waals surface area contributed by atoms with Crippen LogP contribution in [0.3, 0.4) is 0 Å². The van der Waals surface area contributed by atoms with E-state index in [2.05, 4.69) is 25.1 Å². The Morgan fingerprint density at radius 2 is 2.08 bits per heavy atom. The van der Waals surface area contributed by atoms with Crippen molar-refractivity contribution in [2.24, 2.45) is 0 Å². The summed E-state index contributed by atoms with van der Waals surface area (Å²) in [5.74, 6) is 0.644. The summed E-state index contributed by atoms with van der Waals surface area (Å²) in [7, 11) is 3.80. The summed E-state index contributed by atoms with van der Waals surface area (Å²) in [6.07, 6.45) is 0.717. The second-order valence-electron chi connectivity index (χ2n) is 3.51. The van der Waals surface area contributed by atoms with Gasteiger partial charge < -0.3 is 4.90 Å². The van der Waals surface area contributed by atoms with Gasteiger partial charge >= 0.3 is 0 Å². The van der Waals surface area contributed by atoms with Crippen molar-refractivity contribution in [2.75, 3.05) is 14.1 Å². The zero-order chi connectivity index (χ0) is 9.84. The Bertz CT molecular complexity index is 303. The van der Waals surface area contributed by atoms with Gasteiger partial charge in [-0.1, -0.05) is 29.8 Å². The third-order valence-electron chi connectivity index (χ3n) is 1.99. The summed E-state index contributed by atoms with van der Waals surface area (Å²) < 4.78 is 0. The van der Waals surface area contributed by atoms with Crippen molar-refractivity contribution in [1.29, 1.82) is 5.41 Å². The molecule has 2 nitrogen and oxygen atoms in total. The lowest BCUT2D eigenvalue weighted by molar-refractivity contribution is 0.605. The lowest BCUT2D eigenvalue weighted by atomic mass is 10.1. The van der Waals surface area contributed by atoms with Crippen LogP contribution in [0.5, 0.6) is 0 Å². The Balaban J connectivity index is 2.69. The smallest absolute Gasteiger partial charge is 0.0997 e. The maximum absolute atomic E-state index is 7.68. The van der Waals surface area contributed by atoms with Gasteiger partial charge in [0.05, 0.1) is 5.84 Å². The molecule has 0 heterocycles. The molecule has 0 unspecified atom stereocenters. The number of rotatable bonds is 2. The first kappa shape index (κ1) is 9.78. The summed E-state index contributed by atoms with van der Waals surface area (Å²) in [6.45, 7) is 2.07. The number of nitrogens with zero attached hydrogens (tertiary/aromatic N) is 1. The van der Waals surface area contributed by atoms with E-state index in [4.69, 9.17) is 5.41 Å². The molecule has 0 spiro atoms. The van der Waals surface area contributed by atoms with Gasteiger partial charge in [-0.2, -0.15) is 0 Å². The van der Waals surface area contributed by atoms with Crippen LogP contribution < -0.4 is 0 Å². The Morgan fingerprint density at radius 1 is 1.38 bits per heavy atom. The molecule has 0 aliphatic rings. The van der Waals surface area contributed by atoms with Gasteiger partial charge in [-0.15, -0.1) is 0 Å². The monoisotopic (exact) mass is 176 g/mol. The highest BCUT2D eigenvalue weighted by atomic mass is 15.1. The molecule has 0 saturated heterocycles. The van der Waals surface area contributed by atoms with Crippen LogP contribution in [0.2, 0.25) is 0 Å². The van der Waals surface area contributed by atoms with Gasteiger partial charge in [-0.3, -0.25) is 5.41 Å². The van der Waals surface area contributed by atoms with Crippen molar-refractivity contribution < 1.29 is 0 Å². The van der Waals surface area contributed by atoms with Crippen molar-refractivity contribution in [3.8, 4) is 0 Å². The minimum Gasteiger partial charge on any atom is -0.366 e. The van der Waals surface area contributed by atoms with E-state index >= 15 is 0 Å². The highest BCUT2D eigenvalue weighted by Crippen LogP contribution is 2.05. The van der Waals surface area contributed by atoms with Crippen LogP contribution in [0.1, 0.15) is 11.1 Å². The van der Waals surface area contributed by atoms with E-state index in [0.29, 0.717) is 12.3 Å². The summed E-state index contributed by atoms with van der Waals surface area (Å²) in [5, 5.41) is 7.68. The SMILES string of the molecule is Cc1cccc(CC(=N)N(C)C)c1. The summed E-state index contributed by atoms with van der Waals surface area (Å²) in [4.78, 5) is 1.84. The number of amidine groups is 1. The maximum Gasteiger partial charge on any atom is 0.0997 e. The first-order valence-corrected chi connectivity index (χ1v) is 4.40. The molecule has 13 heavy (non-hydrogen) atoms. The Morgan fingerprint density at radius 3 is 2.62 bits per heavy atom. The quantitative estimate of drug-likeness (QED) is 0.542. The average molecular weight is 176 g/mol. The first-order valence-electron chi connectivity index (χ1n) is 4.40. The van der Waals surface area contributed by atoms with Gasteiger partial charge in [0.15, 0.2) is 0 Å². The zero-order valence-electron chi connectivity index (χ0n) is 8.46. The third-order valence-corrected chi connectivity index (χ3v) is 1.99. The van der Waals surface area contributed by atoms with Gasteiger partial charge in [0, 0.05) is 20.5 Å². The number of hydrogen-bond acceptors (Lipinski definition) is 1. The summed E-state index contributed by atoms with van der Waals surface area (Å²) >= 11 is 0. The number of likely N-dealkylation sites (N-methyl/N-ethyl adjacent to an activating group) is 1. The highest BCUT2D eigenvalue weighted by molar-refractivity contribution is 5.80. The Labute approximate surface area is 79.7 Å². The molecule has 0 amide bonds. The van der Waals surface area contributed by atoms with Crippen LogP contribution >= 0.6 is 0 Å². The third kappa shape index (κ3) is 2.90. The van der Waals surface area contributed by atoms with Gasteiger partial charge in [0.2, 0.25) is 0 Å². The largest absolute Gasteiger partial charge is 0.366 e. The van der Waals surface area contributed by atoms with E-state index in [1.54, 1.807) is 0 Å². The minimum absolute atomic E-state index is 0.644. The van der Waals surface area contributed by atoms with E-state index in [1.807, 2.05) is 25.1 Å². The topological polar surface area (TPSA) is 27.1 Å². The molecule has 0 radical (unpaired) electrons. The van der Waals surface area contributed by atoms with Gasteiger partial charge in [-0.25, -0.2) is 0 Å². The fraction of sp³-hybridized carbons (Fsp3) is 0.364. The van der Waals surface area contributed by atoms with Crippen molar-refractivity contribution in [3.05, 3.63) is 35.4 Å². The Kier molecular flexibility index (Phi) is 3.07. The molecular weight excluding hydrogens is 160 g/mol. The second-order valence-corrected chi connectivity index (χ2v) is 3.51. The van der Waals surface area contributed by atoms with E-state index in [-0.39, 0.29) is 0 Å². The molecule has 2 heteroatoms. The average Bonchev–Trinajstić information content (AvgIpc) is 2.04. The number of nitrogens with one attached hydrogen (secondary N) is 1. The molecule has 0 fully saturated rings. The molecule has 0 aliphatic carbocycles. The number of aryl methyl sites for hydroxylation is 1. The van der Waals surface area contributed by atoms with Crippen LogP contribution in [-0.4, -0.2) is 24.8 Å². The molecule has 1 aromatic carbocycles. The van der Waals surface area contributed by atoms with Crippen LogP contribution in [0, 0.1) is 12.3 Å². The molecule has 0 saturated carbocycles. The van der Waals surface area contributed by atoms with Crippen molar-refractivity contribution >= 4 is 5.84 Å². The standard InChI is InChI=1S/C11H16N2/c1-9-5-4-6-10(7-9)8-11(12)13(2)3/h4-7,12H,8H2,1-3H3. The predicted molar refractivity (Wildman–Crippen MR) is 56.3 cm³/mol. The van der Waals surface area contributed by atoms with E-state index in [0.717, 1.165) is 0 Å². The molecule has 1 aromatic rings. The fourth-order valence-electron chi connectivity index (χ4n) is 1.17. The lowest BCUT2D eigenvalue weighted by Crippen LogP contribution is -2.22. The van der Waals surface area contributed by atoms with Crippen LogP contribution in [-0.2, 0) is 6.42 Å². The molecule has 0 bridgehead atoms. The first-order chi connectivity index (χ1) is 6.09. The van der Waals surface area contributed by atoms with E-state index in [1.165, 1.54) is 11.1 Å². The summed E-state index contributed by atoms with van der Waals surface area (Å²) in [5.41, 5.74) is 2.46. The van der Waals surface area contributed by atoms with Gasteiger partial charge in [-0.05, 0) is 12.5 Å². The minimum atomic E-state index is 0.644. The molecule has 0 aromatic heterocycles. The predicted octanol–water partition coefficient (Wildman–Crippen LogP) is 2.08. The van der Waals surface area contributed by atoms with Crippen LogP contribution in [0.25, 0.3) is 0 Å². The van der Waals surface area contributed by atoms with Crippen molar-refractivity contribution in [2.45, 2.75) is 13.3 Å². The Hall–Kier alpha value is -1.31. The zero-order valence-corrected chi connectivity index (χ0v) is 8.46. The number of hydrogen-bond donors (Lipinski definition) is 1. The van der Waals surface area contributed by atoms with Crippen molar-refractivity contribution in [3.63, 3.8) is 0 Å². The molecule has 70 valence electrons. The normalized spacial score (nSPS) is 9.77. The van der Waals surface area contributed by atoms with Crippen molar-refractivity contribution in [1.82, 2.24) is 4.90 Å². The van der Waals surface area contributed by atoms with Gasteiger partial charge in [0.25, 0.3) is 0 Å². The molecular formula is C11H16N2. The number of benzene rings is 1. The van der Waals surface area contributed by atoms with Gasteiger partial charge in [0.1, 0.15) is 0 Å². The lowest BCUT2D eigenvalue weighted by Gasteiger charge is -2.13.